The normalized spacial score (nSPS) is 10.8. The Bertz CT molecular complexity index is 1070. The lowest BCUT2D eigenvalue weighted by Crippen LogP contribution is -2.07. The largest absolute Gasteiger partial charge is 0.489 e. The molecule has 0 aliphatic heterocycles. The van der Waals surface area contributed by atoms with Crippen LogP contribution in [0, 0.1) is 6.92 Å². The monoisotopic (exact) mass is 423 g/mol. The van der Waals surface area contributed by atoms with Gasteiger partial charge in [0.2, 0.25) is 0 Å². The molecule has 31 heavy (non-hydrogen) atoms. The molecule has 0 bridgehead atoms. The van der Waals surface area contributed by atoms with Gasteiger partial charge in [0.25, 0.3) is 0 Å². The molecule has 0 atom stereocenters. The minimum Gasteiger partial charge on any atom is -0.489 e. The maximum atomic E-state index is 12.7. The number of aryl methyl sites for hydroxylation is 1. The lowest BCUT2D eigenvalue weighted by Gasteiger charge is -2.09. The molecule has 3 rings (SSSR count). The molecule has 6 heteroatoms. The first-order valence-corrected chi connectivity index (χ1v) is 10.6. The van der Waals surface area contributed by atoms with Crippen LogP contribution < -0.4 is 4.74 Å². The molecule has 0 aliphatic carbocycles. The summed E-state index contributed by atoms with van der Waals surface area (Å²) in [5, 5.41) is 0.839. The minimum atomic E-state index is -0.368. The molecule has 2 aromatic carbocycles. The van der Waals surface area contributed by atoms with Crippen molar-refractivity contribution in [2.24, 2.45) is 0 Å². The highest BCUT2D eigenvalue weighted by molar-refractivity contribution is 6.06. The van der Waals surface area contributed by atoms with E-state index in [9.17, 15) is 9.59 Å². The average molecular weight is 424 g/mol. The van der Waals surface area contributed by atoms with Crippen LogP contribution in [-0.2, 0) is 22.6 Å². The third kappa shape index (κ3) is 4.90. The number of ether oxygens (including phenoxy) is 3. The van der Waals surface area contributed by atoms with Crippen LogP contribution in [0.25, 0.3) is 10.9 Å². The summed E-state index contributed by atoms with van der Waals surface area (Å²) in [5.74, 6) is -0.00842. The fraction of sp³-hybridized carbons (Fsp3) is 0.360. The summed E-state index contributed by atoms with van der Waals surface area (Å²) in [7, 11) is 1.36. The van der Waals surface area contributed by atoms with Gasteiger partial charge in [0.1, 0.15) is 12.4 Å². The Labute approximate surface area is 182 Å². The van der Waals surface area contributed by atoms with Gasteiger partial charge in [-0.1, -0.05) is 25.5 Å². The fourth-order valence-corrected chi connectivity index (χ4v) is 3.64. The average Bonchev–Trinajstić information content (AvgIpc) is 3.06. The van der Waals surface area contributed by atoms with E-state index >= 15 is 0 Å². The lowest BCUT2D eigenvalue weighted by atomic mass is 10.1. The number of rotatable bonds is 9. The molecule has 0 aliphatic rings. The Balaban J connectivity index is 1.87. The number of nitrogens with zero attached hydrogens (tertiary/aromatic N) is 1. The van der Waals surface area contributed by atoms with Crippen LogP contribution in [0.5, 0.6) is 5.75 Å². The molecule has 0 unspecified atom stereocenters. The Kier molecular flexibility index (Phi) is 7.34. The second kappa shape index (κ2) is 10.2. The third-order valence-electron chi connectivity index (χ3n) is 5.29. The molecular weight excluding hydrogens is 394 g/mol. The minimum absolute atomic E-state index is 0.309. The second-order valence-electron chi connectivity index (χ2n) is 7.34. The van der Waals surface area contributed by atoms with E-state index in [-0.39, 0.29) is 11.9 Å². The highest BCUT2D eigenvalue weighted by atomic mass is 16.5. The van der Waals surface area contributed by atoms with Gasteiger partial charge in [-0.15, -0.1) is 0 Å². The van der Waals surface area contributed by atoms with Crippen LogP contribution in [0.3, 0.4) is 0 Å². The molecule has 0 saturated carbocycles. The van der Waals surface area contributed by atoms with Crippen molar-refractivity contribution in [1.82, 2.24) is 4.57 Å². The van der Waals surface area contributed by atoms with E-state index < -0.39 is 0 Å². The van der Waals surface area contributed by atoms with Crippen LogP contribution in [0.1, 0.15) is 58.7 Å². The summed E-state index contributed by atoms with van der Waals surface area (Å²) in [6, 6.07) is 12.9. The standard InChI is InChI=1S/C25H29NO5/c1-5-7-14-26-17(3)23(25(28)30-6-2)21-15-20(12-13-22(21)26)31-16-18-8-10-19(11-9-18)24(27)29-4/h8-13,15H,5-7,14,16H2,1-4H3. The van der Waals surface area contributed by atoms with E-state index in [0.717, 1.165) is 41.5 Å². The highest BCUT2D eigenvalue weighted by Gasteiger charge is 2.21. The molecule has 6 nitrogen and oxygen atoms in total. The summed E-state index contributed by atoms with van der Waals surface area (Å²) < 4.78 is 18.2. The summed E-state index contributed by atoms with van der Waals surface area (Å²) in [6.45, 7) is 7.45. The predicted molar refractivity (Wildman–Crippen MR) is 120 cm³/mol. The smallest absolute Gasteiger partial charge is 0.340 e. The molecule has 3 aromatic rings. The van der Waals surface area contributed by atoms with Gasteiger partial charge in [-0.25, -0.2) is 9.59 Å². The predicted octanol–water partition coefficient (Wildman–Crippen LogP) is 5.29. The Hall–Kier alpha value is -3.28. The van der Waals surface area contributed by atoms with E-state index in [0.29, 0.717) is 30.1 Å². The third-order valence-corrected chi connectivity index (χ3v) is 5.29. The van der Waals surface area contributed by atoms with Gasteiger partial charge in [-0.05, 0) is 56.2 Å². The van der Waals surface area contributed by atoms with Crippen molar-refractivity contribution >= 4 is 22.8 Å². The van der Waals surface area contributed by atoms with E-state index in [4.69, 9.17) is 14.2 Å². The van der Waals surface area contributed by atoms with Gasteiger partial charge in [-0.2, -0.15) is 0 Å². The zero-order chi connectivity index (χ0) is 22.4. The lowest BCUT2D eigenvalue weighted by molar-refractivity contribution is 0.0526. The number of carbonyl (C=O) groups excluding carboxylic acids is 2. The number of carbonyl (C=O) groups is 2. The van der Waals surface area contributed by atoms with Crippen molar-refractivity contribution in [2.45, 2.75) is 46.8 Å². The number of hydrogen-bond donors (Lipinski definition) is 0. The van der Waals surface area contributed by atoms with Gasteiger partial charge in [-0.3, -0.25) is 0 Å². The molecule has 0 spiro atoms. The summed E-state index contributed by atoms with van der Waals surface area (Å²) >= 11 is 0. The first-order valence-electron chi connectivity index (χ1n) is 10.6. The Morgan fingerprint density at radius 2 is 1.74 bits per heavy atom. The van der Waals surface area contributed by atoms with Crippen molar-refractivity contribution in [3.8, 4) is 5.75 Å². The number of unbranched alkanes of at least 4 members (excludes halogenated alkanes) is 1. The number of methoxy groups -OCH3 is 1. The quantitative estimate of drug-likeness (QED) is 0.437. The first-order chi connectivity index (χ1) is 15.0. The zero-order valence-electron chi connectivity index (χ0n) is 18.6. The second-order valence-corrected chi connectivity index (χ2v) is 7.34. The van der Waals surface area contributed by atoms with Crippen LogP contribution in [0.15, 0.2) is 42.5 Å². The van der Waals surface area contributed by atoms with Crippen molar-refractivity contribution in [3.05, 3.63) is 64.8 Å². The fourth-order valence-electron chi connectivity index (χ4n) is 3.64. The molecule has 0 N–H and O–H groups in total. The van der Waals surface area contributed by atoms with E-state index in [1.165, 1.54) is 7.11 Å². The van der Waals surface area contributed by atoms with Crippen LogP contribution >= 0.6 is 0 Å². The van der Waals surface area contributed by atoms with Gasteiger partial charge in [0.05, 0.1) is 24.8 Å². The molecule has 1 heterocycles. The number of hydrogen-bond acceptors (Lipinski definition) is 5. The van der Waals surface area contributed by atoms with Crippen molar-refractivity contribution in [3.63, 3.8) is 0 Å². The maximum absolute atomic E-state index is 12.7. The summed E-state index contributed by atoms with van der Waals surface area (Å²) in [6.07, 6.45) is 2.11. The molecule has 0 saturated heterocycles. The molecule has 164 valence electrons. The Morgan fingerprint density at radius 3 is 2.39 bits per heavy atom. The van der Waals surface area contributed by atoms with E-state index in [2.05, 4.69) is 11.5 Å². The van der Waals surface area contributed by atoms with Gasteiger partial charge in [0.15, 0.2) is 0 Å². The van der Waals surface area contributed by atoms with E-state index in [1.807, 2.05) is 44.2 Å². The first kappa shape index (κ1) is 22.4. The molecule has 0 amide bonds. The van der Waals surface area contributed by atoms with Crippen molar-refractivity contribution < 1.29 is 23.8 Å². The van der Waals surface area contributed by atoms with Crippen LogP contribution in [-0.4, -0.2) is 30.2 Å². The maximum Gasteiger partial charge on any atom is 0.340 e. The molecular formula is C25H29NO5. The number of fused-ring (bicyclic) bond motifs is 1. The molecule has 1 aromatic heterocycles. The van der Waals surface area contributed by atoms with Gasteiger partial charge in [0, 0.05) is 23.1 Å². The van der Waals surface area contributed by atoms with Crippen molar-refractivity contribution in [1.29, 1.82) is 0 Å². The number of benzene rings is 2. The molecule has 0 radical (unpaired) electrons. The number of esters is 2. The molecule has 0 fully saturated rings. The van der Waals surface area contributed by atoms with Gasteiger partial charge < -0.3 is 18.8 Å². The SMILES string of the molecule is CCCCn1c(C)c(C(=O)OCC)c2cc(OCc3ccc(C(=O)OC)cc3)ccc21. The summed E-state index contributed by atoms with van der Waals surface area (Å²) in [4.78, 5) is 24.2. The summed E-state index contributed by atoms with van der Waals surface area (Å²) in [5.41, 5.74) is 3.94. The number of aromatic nitrogens is 1. The topological polar surface area (TPSA) is 66.8 Å². The van der Waals surface area contributed by atoms with Crippen LogP contribution in [0.4, 0.5) is 0 Å². The van der Waals surface area contributed by atoms with Gasteiger partial charge >= 0.3 is 11.9 Å². The Morgan fingerprint density at radius 1 is 1.00 bits per heavy atom. The van der Waals surface area contributed by atoms with Crippen LogP contribution in [0.2, 0.25) is 0 Å². The van der Waals surface area contributed by atoms with Crippen molar-refractivity contribution in [2.75, 3.05) is 13.7 Å². The van der Waals surface area contributed by atoms with E-state index in [1.54, 1.807) is 12.1 Å². The highest BCUT2D eigenvalue weighted by Crippen LogP contribution is 2.31. The zero-order valence-corrected chi connectivity index (χ0v) is 18.6.